The van der Waals surface area contributed by atoms with Gasteiger partial charge in [-0.25, -0.2) is 0 Å². The summed E-state index contributed by atoms with van der Waals surface area (Å²) in [5.74, 6) is 0. The summed E-state index contributed by atoms with van der Waals surface area (Å²) in [6.07, 6.45) is 2.85. The molecule has 91 valence electrons. The van der Waals surface area contributed by atoms with E-state index in [1.165, 1.54) is 5.56 Å². The normalized spacial score (nSPS) is 10.8. The van der Waals surface area contributed by atoms with Crippen LogP contribution < -0.4 is 0 Å². The van der Waals surface area contributed by atoms with E-state index in [4.69, 9.17) is 4.84 Å². The van der Waals surface area contributed by atoms with Crippen LogP contribution in [-0.4, -0.2) is 6.21 Å². The first-order valence-electron chi connectivity index (χ1n) is 5.64. The van der Waals surface area contributed by atoms with Gasteiger partial charge in [-0.3, -0.25) is 0 Å². The topological polar surface area (TPSA) is 21.6 Å². The van der Waals surface area contributed by atoms with Crippen molar-refractivity contribution in [3.63, 3.8) is 0 Å². The molecule has 18 heavy (non-hydrogen) atoms. The molecule has 0 aliphatic rings. The summed E-state index contributed by atoms with van der Waals surface area (Å²) in [6.45, 7) is 2.51. The van der Waals surface area contributed by atoms with Gasteiger partial charge >= 0.3 is 0 Å². The van der Waals surface area contributed by atoms with Crippen molar-refractivity contribution in [1.29, 1.82) is 0 Å². The Morgan fingerprint density at radius 1 is 1.17 bits per heavy atom. The fourth-order valence-electron chi connectivity index (χ4n) is 1.54. The van der Waals surface area contributed by atoms with Gasteiger partial charge in [0.15, 0.2) is 0 Å². The standard InChI is InChI=1S/C15H13BrNO/c1-12-5-4-6-13(9-12)11-18-17-10-14-7-2-3-8-15(14)16/h2-9H,11H2,1H3. The number of nitrogens with zero attached hydrogens (tertiary/aromatic N) is 1. The first-order valence-corrected chi connectivity index (χ1v) is 6.43. The van der Waals surface area contributed by atoms with Gasteiger partial charge in [-0.05, 0) is 18.6 Å². The number of benzene rings is 2. The zero-order chi connectivity index (χ0) is 12.8. The fraction of sp³-hybridized carbons (Fsp3) is 0.133. The zero-order valence-electron chi connectivity index (χ0n) is 10.1. The zero-order valence-corrected chi connectivity index (χ0v) is 11.6. The Kier molecular flexibility index (Phi) is 4.53. The monoisotopic (exact) mass is 302 g/mol. The quantitative estimate of drug-likeness (QED) is 0.613. The van der Waals surface area contributed by atoms with Crippen molar-refractivity contribution in [3.8, 4) is 0 Å². The highest BCUT2D eigenvalue weighted by molar-refractivity contribution is 9.10. The Balaban J connectivity index is 1.91. The molecular formula is C15H13BrNO. The molecule has 0 N–H and O–H groups in total. The van der Waals surface area contributed by atoms with E-state index in [9.17, 15) is 0 Å². The molecule has 0 unspecified atom stereocenters. The van der Waals surface area contributed by atoms with Crippen LogP contribution in [0.1, 0.15) is 16.7 Å². The van der Waals surface area contributed by atoms with Gasteiger partial charge in [0, 0.05) is 10.0 Å². The number of aryl methyl sites for hydroxylation is 1. The number of halogens is 1. The summed E-state index contributed by atoms with van der Waals surface area (Å²) < 4.78 is 0.952. The predicted molar refractivity (Wildman–Crippen MR) is 76.6 cm³/mol. The molecule has 0 aromatic heterocycles. The second-order valence-electron chi connectivity index (χ2n) is 3.95. The molecule has 2 aromatic rings. The van der Waals surface area contributed by atoms with Crippen LogP contribution >= 0.6 is 15.9 Å². The van der Waals surface area contributed by atoms with Gasteiger partial charge in [-0.15, -0.1) is 0 Å². The van der Waals surface area contributed by atoms with Crippen LogP contribution in [0.4, 0.5) is 0 Å². The maximum atomic E-state index is 5.23. The van der Waals surface area contributed by atoms with Gasteiger partial charge in [-0.1, -0.05) is 69.1 Å². The molecule has 0 fully saturated rings. The van der Waals surface area contributed by atoms with Crippen molar-refractivity contribution in [3.05, 3.63) is 69.7 Å². The lowest BCUT2D eigenvalue weighted by Crippen LogP contribution is -1.89. The molecular weight excluding hydrogens is 290 g/mol. The maximum Gasteiger partial charge on any atom is 0.142 e. The van der Waals surface area contributed by atoms with Crippen LogP contribution in [0.5, 0.6) is 0 Å². The van der Waals surface area contributed by atoms with Crippen LogP contribution in [0.25, 0.3) is 0 Å². The molecule has 0 saturated carbocycles. The van der Waals surface area contributed by atoms with E-state index >= 15 is 0 Å². The van der Waals surface area contributed by atoms with E-state index in [2.05, 4.69) is 46.4 Å². The Labute approximate surface area is 115 Å². The molecule has 3 heteroatoms. The molecule has 0 atom stereocenters. The van der Waals surface area contributed by atoms with Crippen molar-refractivity contribution < 1.29 is 4.84 Å². The predicted octanol–water partition coefficient (Wildman–Crippen LogP) is 4.19. The highest BCUT2D eigenvalue weighted by Gasteiger charge is 1.96. The minimum atomic E-state index is 0.457. The van der Waals surface area contributed by atoms with Crippen molar-refractivity contribution in [2.75, 3.05) is 0 Å². The molecule has 2 nitrogen and oxygen atoms in total. The smallest absolute Gasteiger partial charge is 0.142 e. The molecule has 0 spiro atoms. The van der Waals surface area contributed by atoms with Gasteiger partial charge in [-0.2, -0.15) is 0 Å². The second kappa shape index (κ2) is 6.36. The molecule has 2 rings (SSSR count). The van der Waals surface area contributed by atoms with Gasteiger partial charge in [0.05, 0.1) is 0 Å². The fourth-order valence-corrected chi connectivity index (χ4v) is 1.92. The van der Waals surface area contributed by atoms with Crippen LogP contribution in [0.3, 0.4) is 0 Å². The molecule has 2 aromatic carbocycles. The van der Waals surface area contributed by atoms with E-state index < -0.39 is 0 Å². The molecule has 1 radical (unpaired) electrons. The molecule has 0 saturated heterocycles. The van der Waals surface area contributed by atoms with Crippen LogP contribution in [0.15, 0.2) is 58.2 Å². The third-order valence-corrected chi connectivity index (χ3v) is 3.11. The Bertz CT molecular complexity index is 552. The maximum absolute atomic E-state index is 5.23. The van der Waals surface area contributed by atoms with Crippen molar-refractivity contribution in [2.45, 2.75) is 13.5 Å². The average molecular weight is 303 g/mol. The number of rotatable bonds is 4. The number of hydrogen-bond acceptors (Lipinski definition) is 2. The van der Waals surface area contributed by atoms with Crippen molar-refractivity contribution >= 4 is 22.1 Å². The molecule has 0 aliphatic heterocycles. The largest absolute Gasteiger partial charge is 0.390 e. The Morgan fingerprint density at radius 2 is 2.00 bits per heavy atom. The summed E-state index contributed by atoms with van der Waals surface area (Å²) in [4.78, 5) is 5.23. The first kappa shape index (κ1) is 12.8. The van der Waals surface area contributed by atoms with E-state index in [-0.39, 0.29) is 0 Å². The molecule has 0 amide bonds. The molecule has 0 aliphatic carbocycles. The summed E-state index contributed by atoms with van der Waals surface area (Å²) in [6, 6.07) is 15.9. The van der Waals surface area contributed by atoms with E-state index in [1.54, 1.807) is 0 Å². The summed E-state index contributed by atoms with van der Waals surface area (Å²) in [5, 5.41) is 3.85. The van der Waals surface area contributed by atoms with E-state index in [1.807, 2.05) is 36.4 Å². The lowest BCUT2D eigenvalue weighted by atomic mass is 10.1. The third-order valence-electron chi connectivity index (χ3n) is 2.42. The van der Waals surface area contributed by atoms with Crippen LogP contribution in [0, 0.1) is 6.92 Å². The van der Waals surface area contributed by atoms with Crippen molar-refractivity contribution in [1.82, 2.24) is 0 Å². The first-order chi connectivity index (χ1) is 8.75. The summed E-state index contributed by atoms with van der Waals surface area (Å²) in [5.41, 5.74) is 3.20. The van der Waals surface area contributed by atoms with E-state index in [0.717, 1.165) is 15.6 Å². The van der Waals surface area contributed by atoms with Gasteiger partial charge in [0.25, 0.3) is 0 Å². The Morgan fingerprint density at radius 3 is 2.78 bits per heavy atom. The van der Waals surface area contributed by atoms with Crippen molar-refractivity contribution in [2.24, 2.45) is 5.16 Å². The third kappa shape index (κ3) is 3.70. The van der Waals surface area contributed by atoms with E-state index in [0.29, 0.717) is 6.61 Å². The average Bonchev–Trinajstić information content (AvgIpc) is 2.37. The second-order valence-corrected chi connectivity index (χ2v) is 4.80. The summed E-state index contributed by atoms with van der Waals surface area (Å²) in [7, 11) is 0. The highest BCUT2D eigenvalue weighted by Crippen LogP contribution is 2.13. The molecule has 0 bridgehead atoms. The SMILES string of the molecule is Cc1cccc(CO/N=[C]\c2ccccc2Br)c1. The number of hydrogen-bond donors (Lipinski definition) is 0. The van der Waals surface area contributed by atoms with Crippen LogP contribution in [-0.2, 0) is 11.4 Å². The minimum absolute atomic E-state index is 0.457. The van der Waals surface area contributed by atoms with Gasteiger partial charge < -0.3 is 4.84 Å². The minimum Gasteiger partial charge on any atom is -0.390 e. The van der Waals surface area contributed by atoms with Crippen LogP contribution in [0.2, 0.25) is 0 Å². The summed E-state index contributed by atoms with van der Waals surface area (Å²) >= 11 is 3.42. The lowest BCUT2D eigenvalue weighted by Gasteiger charge is -2.01. The van der Waals surface area contributed by atoms with Gasteiger partial charge in [0.2, 0.25) is 0 Å². The molecule has 0 heterocycles. The highest BCUT2D eigenvalue weighted by atomic mass is 79.9. The lowest BCUT2D eigenvalue weighted by molar-refractivity contribution is 0.132. The van der Waals surface area contributed by atoms with Gasteiger partial charge in [0.1, 0.15) is 12.8 Å². The Hall–Kier alpha value is -1.61.